The first kappa shape index (κ1) is 14.6. The third kappa shape index (κ3) is 3.27. The summed E-state index contributed by atoms with van der Waals surface area (Å²) in [5, 5.41) is 0. The van der Waals surface area contributed by atoms with Gasteiger partial charge in [-0.2, -0.15) is 0 Å². The number of hydrogen-bond donors (Lipinski definition) is 1. The second-order valence-corrected chi connectivity index (χ2v) is 3.75. The van der Waals surface area contributed by atoms with Crippen LogP contribution in [0.4, 0.5) is 0 Å². The van der Waals surface area contributed by atoms with Gasteiger partial charge in [-0.05, 0) is 31.0 Å². The van der Waals surface area contributed by atoms with Crippen LogP contribution in [0.5, 0.6) is 11.5 Å². The minimum absolute atomic E-state index is 0. The van der Waals surface area contributed by atoms with E-state index in [0.717, 1.165) is 11.3 Å². The summed E-state index contributed by atoms with van der Waals surface area (Å²) in [7, 11) is 0. The van der Waals surface area contributed by atoms with Gasteiger partial charge in [0.25, 0.3) is 0 Å². The molecule has 1 aliphatic rings. The van der Waals surface area contributed by atoms with E-state index in [-0.39, 0.29) is 25.2 Å². The highest BCUT2D eigenvalue weighted by atomic mass is 35.5. The van der Waals surface area contributed by atoms with E-state index in [0.29, 0.717) is 18.8 Å². The van der Waals surface area contributed by atoms with Crippen LogP contribution in [0.3, 0.4) is 0 Å². The maximum absolute atomic E-state index is 11.4. The van der Waals surface area contributed by atoms with Crippen molar-refractivity contribution in [2.45, 2.75) is 19.4 Å². The molecule has 0 saturated carbocycles. The Morgan fingerprint density at radius 1 is 1.44 bits per heavy atom. The van der Waals surface area contributed by atoms with Gasteiger partial charge in [0.05, 0.1) is 6.61 Å². The van der Waals surface area contributed by atoms with Crippen LogP contribution < -0.4 is 15.2 Å². The fraction of sp³-hybridized carbons (Fsp3) is 0.417. The van der Waals surface area contributed by atoms with Crippen LogP contribution in [0.2, 0.25) is 0 Å². The zero-order valence-corrected chi connectivity index (χ0v) is 10.9. The Morgan fingerprint density at radius 3 is 2.89 bits per heavy atom. The molecule has 1 aliphatic heterocycles. The number of halogens is 1. The van der Waals surface area contributed by atoms with Crippen LogP contribution in [0.1, 0.15) is 12.5 Å². The summed E-state index contributed by atoms with van der Waals surface area (Å²) < 4.78 is 15.3. The van der Waals surface area contributed by atoms with Gasteiger partial charge in [-0.1, -0.05) is 6.07 Å². The van der Waals surface area contributed by atoms with Crippen LogP contribution in [0.25, 0.3) is 0 Å². The van der Waals surface area contributed by atoms with E-state index in [1.54, 1.807) is 6.92 Å². The van der Waals surface area contributed by atoms with E-state index in [4.69, 9.17) is 19.9 Å². The minimum atomic E-state index is -0.643. The number of rotatable bonds is 4. The Morgan fingerprint density at radius 2 is 2.17 bits per heavy atom. The van der Waals surface area contributed by atoms with Gasteiger partial charge in [0.15, 0.2) is 11.5 Å². The van der Waals surface area contributed by atoms with Crippen molar-refractivity contribution < 1.29 is 19.0 Å². The Bertz CT molecular complexity index is 425. The van der Waals surface area contributed by atoms with E-state index < -0.39 is 6.04 Å². The molecule has 0 fully saturated rings. The number of esters is 1. The summed E-state index contributed by atoms with van der Waals surface area (Å²) in [5.74, 6) is 1.03. The van der Waals surface area contributed by atoms with Crippen LogP contribution in [-0.4, -0.2) is 25.4 Å². The van der Waals surface area contributed by atoms with Gasteiger partial charge < -0.3 is 19.9 Å². The number of ether oxygens (including phenoxy) is 3. The van der Waals surface area contributed by atoms with Crippen molar-refractivity contribution in [3.63, 3.8) is 0 Å². The topological polar surface area (TPSA) is 70.8 Å². The van der Waals surface area contributed by atoms with E-state index in [1.165, 1.54) is 0 Å². The zero-order chi connectivity index (χ0) is 12.3. The molecule has 1 unspecified atom stereocenters. The quantitative estimate of drug-likeness (QED) is 0.837. The third-order valence-corrected chi connectivity index (χ3v) is 2.48. The summed E-state index contributed by atoms with van der Waals surface area (Å²) in [6, 6.07) is 4.87. The fourth-order valence-electron chi connectivity index (χ4n) is 1.65. The number of nitrogens with two attached hydrogens (primary N) is 1. The maximum Gasteiger partial charge on any atom is 0.323 e. The minimum Gasteiger partial charge on any atom is -0.465 e. The van der Waals surface area contributed by atoms with Crippen molar-refractivity contribution in [2.75, 3.05) is 13.4 Å². The normalized spacial score (nSPS) is 13.7. The number of carbonyl (C=O) groups excluding carboxylic acids is 1. The molecule has 5 nitrogen and oxygen atoms in total. The lowest BCUT2D eigenvalue weighted by molar-refractivity contribution is -0.144. The second kappa shape index (κ2) is 6.47. The number of hydrogen-bond acceptors (Lipinski definition) is 5. The molecule has 0 bridgehead atoms. The van der Waals surface area contributed by atoms with Crippen molar-refractivity contribution in [2.24, 2.45) is 5.73 Å². The standard InChI is InChI=1S/C12H15NO4.ClH/c1-2-15-12(14)9(13)5-8-3-4-10-11(6-8)17-7-16-10;/h3-4,6,9H,2,5,7,13H2,1H3;1H. The SMILES string of the molecule is CCOC(=O)C(N)Cc1ccc2c(c1)OCO2.Cl. The molecule has 2 N–H and O–H groups in total. The van der Waals surface area contributed by atoms with Gasteiger partial charge in [0.2, 0.25) is 6.79 Å². The van der Waals surface area contributed by atoms with Crippen molar-refractivity contribution in [1.29, 1.82) is 0 Å². The molecule has 0 amide bonds. The summed E-state index contributed by atoms with van der Waals surface area (Å²) in [5.41, 5.74) is 6.66. The van der Waals surface area contributed by atoms with Crippen molar-refractivity contribution in [3.05, 3.63) is 23.8 Å². The predicted molar refractivity (Wildman–Crippen MR) is 68.1 cm³/mol. The first-order valence-electron chi connectivity index (χ1n) is 5.51. The fourth-order valence-corrected chi connectivity index (χ4v) is 1.65. The molecule has 0 spiro atoms. The van der Waals surface area contributed by atoms with E-state index in [1.807, 2.05) is 18.2 Å². The second-order valence-electron chi connectivity index (χ2n) is 3.75. The molecule has 0 radical (unpaired) electrons. The molecule has 0 saturated heterocycles. The van der Waals surface area contributed by atoms with E-state index >= 15 is 0 Å². The number of fused-ring (bicyclic) bond motifs is 1. The van der Waals surface area contributed by atoms with Crippen LogP contribution in [0, 0.1) is 0 Å². The first-order valence-corrected chi connectivity index (χ1v) is 5.51. The lowest BCUT2D eigenvalue weighted by Gasteiger charge is -2.10. The predicted octanol–water partition coefficient (Wildman–Crippen LogP) is 1.27. The van der Waals surface area contributed by atoms with Crippen molar-refractivity contribution in [3.8, 4) is 11.5 Å². The number of carbonyl (C=O) groups is 1. The Kier molecular flexibility index (Phi) is 5.25. The first-order chi connectivity index (χ1) is 8.20. The summed E-state index contributed by atoms with van der Waals surface area (Å²) in [6.45, 7) is 2.33. The maximum atomic E-state index is 11.4. The molecule has 100 valence electrons. The monoisotopic (exact) mass is 273 g/mol. The van der Waals surface area contributed by atoms with Gasteiger partial charge in [0, 0.05) is 0 Å². The van der Waals surface area contributed by atoms with Gasteiger partial charge >= 0.3 is 5.97 Å². The Labute approximate surface area is 112 Å². The Hall–Kier alpha value is -1.46. The summed E-state index contributed by atoms with van der Waals surface area (Å²) in [6.07, 6.45) is 0.426. The molecular formula is C12H16ClNO4. The highest BCUT2D eigenvalue weighted by molar-refractivity contribution is 5.85. The smallest absolute Gasteiger partial charge is 0.323 e. The Balaban J connectivity index is 0.00000162. The molecule has 6 heteroatoms. The summed E-state index contributed by atoms with van der Waals surface area (Å²) >= 11 is 0. The lowest BCUT2D eigenvalue weighted by Crippen LogP contribution is -2.34. The number of benzene rings is 1. The molecule has 2 rings (SSSR count). The van der Waals surface area contributed by atoms with Crippen LogP contribution >= 0.6 is 12.4 Å². The molecule has 1 aromatic rings. The zero-order valence-electron chi connectivity index (χ0n) is 10.0. The molecular weight excluding hydrogens is 258 g/mol. The largest absolute Gasteiger partial charge is 0.465 e. The third-order valence-electron chi connectivity index (χ3n) is 2.48. The van der Waals surface area contributed by atoms with E-state index in [9.17, 15) is 4.79 Å². The molecule has 1 atom stereocenters. The van der Waals surface area contributed by atoms with Crippen LogP contribution in [-0.2, 0) is 16.0 Å². The highest BCUT2D eigenvalue weighted by Gasteiger charge is 2.18. The van der Waals surface area contributed by atoms with Crippen LogP contribution in [0.15, 0.2) is 18.2 Å². The lowest BCUT2D eigenvalue weighted by atomic mass is 10.1. The van der Waals surface area contributed by atoms with Gasteiger partial charge in [-0.15, -0.1) is 12.4 Å². The van der Waals surface area contributed by atoms with E-state index in [2.05, 4.69) is 0 Å². The van der Waals surface area contributed by atoms with Gasteiger partial charge in [0.1, 0.15) is 6.04 Å². The average Bonchev–Trinajstić information content (AvgIpc) is 2.76. The van der Waals surface area contributed by atoms with Gasteiger partial charge in [-0.3, -0.25) is 4.79 Å². The average molecular weight is 274 g/mol. The van der Waals surface area contributed by atoms with Crippen molar-refractivity contribution in [1.82, 2.24) is 0 Å². The van der Waals surface area contributed by atoms with Gasteiger partial charge in [-0.25, -0.2) is 0 Å². The molecule has 0 aromatic heterocycles. The highest BCUT2D eigenvalue weighted by Crippen LogP contribution is 2.32. The molecule has 1 heterocycles. The molecule has 0 aliphatic carbocycles. The molecule has 18 heavy (non-hydrogen) atoms. The van der Waals surface area contributed by atoms with Crippen molar-refractivity contribution >= 4 is 18.4 Å². The molecule has 1 aromatic carbocycles. The summed E-state index contributed by atoms with van der Waals surface area (Å²) in [4.78, 5) is 11.4.